The number of nitrogens with one attached hydrogen (secondary N) is 2. The van der Waals surface area contributed by atoms with Gasteiger partial charge in [0.05, 0.1) is 6.04 Å². The molecule has 0 saturated carbocycles. The maximum absolute atomic E-state index is 12.3. The van der Waals surface area contributed by atoms with E-state index in [1.807, 2.05) is 49.4 Å². The van der Waals surface area contributed by atoms with Gasteiger partial charge in [-0.1, -0.05) is 60.7 Å². The van der Waals surface area contributed by atoms with E-state index in [0.717, 1.165) is 5.56 Å². The Bertz CT molecular complexity index is 1020. The Morgan fingerprint density at radius 1 is 0.767 bits per heavy atom. The third-order valence-corrected chi connectivity index (χ3v) is 4.73. The minimum absolute atomic E-state index is 0.0518. The molecule has 0 aliphatic carbocycles. The molecule has 2 N–H and O–H groups in total. The van der Waals surface area contributed by atoms with Crippen molar-refractivity contribution in [2.45, 2.75) is 25.8 Å². The predicted molar refractivity (Wildman–Crippen MR) is 117 cm³/mol. The molecule has 0 aromatic heterocycles. The van der Waals surface area contributed by atoms with E-state index in [0.29, 0.717) is 16.8 Å². The van der Waals surface area contributed by atoms with Crippen LogP contribution in [0.4, 0.5) is 5.69 Å². The van der Waals surface area contributed by atoms with Crippen LogP contribution in [0.1, 0.15) is 52.1 Å². The van der Waals surface area contributed by atoms with Gasteiger partial charge in [-0.25, -0.2) is 0 Å². The summed E-state index contributed by atoms with van der Waals surface area (Å²) < 4.78 is 0. The summed E-state index contributed by atoms with van der Waals surface area (Å²) in [4.78, 5) is 36.8. The molecule has 0 fully saturated rings. The summed E-state index contributed by atoms with van der Waals surface area (Å²) in [7, 11) is 0. The molecule has 0 heterocycles. The Balaban J connectivity index is 1.54. The molecule has 1 atom stereocenters. The van der Waals surface area contributed by atoms with Crippen LogP contribution in [0.15, 0.2) is 84.9 Å². The van der Waals surface area contributed by atoms with Crippen molar-refractivity contribution in [3.05, 3.63) is 102 Å². The number of amides is 2. The average molecular weight is 400 g/mol. The van der Waals surface area contributed by atoms with Crippen molar-refractivity contribution < 1.29 is 14.4 Å². The lowest BCUT2D eigenvalue weighted by Gasteiger charge is -2.16. The molecule has 0 saturated heterocycles. The van der Waals surface area contributed by atoms with Gasteiger partial charge in [0.2, 0.25) is 5.91 Å². The van der Waals surface area contributed by atoms with Gasteiger partial charge < -0.3 is 10.6 Å². The van der Waals surface area contributed by atoms with Gasteiger partial charge in [-0.15, -0.1) is 0 Å². The van der Waals surface area contributed by atoms with E-state index >= 15 is 0 Å². The second-order valence-corrected chi connectivity index (χ2v) is 7.02. The summed E-state index contributed by atoms with van der Waals surface area (Å²) in [6, 6.07) is 25.0. The number of carbonyl (C=O) groups is 3. The number of Topliss-reactive ketones (excluding diaryl/α,β-unsaturated/α-hetero) is 1. The Kier molecular flexibility index (Phi) is 7.11. The van der Waals surface area contributed by atoms with Gasteiger partial charge >= 0.3 is 0 Å². The second-order valence-electron chi connectivity index (χ2n) is 7.02. The number of benzene rings is 3. The topological polar surface area (TPSA) is 75.3 Å². The molecule has 5 heteroatoms. The first-order valence-corrected chi connectivity index (χ1v) is 9.87. The smallest absolute Gasteiger partial charge is 0.255 e. The van der Waals surface area contributed by atoms with Crippen molar-refractivity contribution in [3.63, 3.8) is 0 Å². The van der Waals surface area contributed by atoms with Crippen LogP contribution >= 0.6 is 0 Å². The Labute approximate surface area is 176 Å². The van der Waals surface area contributed by atoms with Crippen molar-refractivity contribution in [1.29, 1.82) is 0 Å². The summed E-state index contributed by atoms with van der Waals surface area (Å²) in [5.41, 5.74) is 2.71. The molecule has 0 spiro atoms. The van der Waals surface area contributed by atoms with E-state index in [4.69, 9.17) is 0 Å². The molecule has 5 nitrogen and oxygen atoms in total. The van der Waals surface area contributed by atoms with E-state index < -0.39 is 0 Å². The van der Waals surface area contributed by atoms with Crippen molar-refractivity contribution in [1.82, 2.24) is 5.32 Å². The fraction of sp³-hybridized carbons (Fsp3) is 0.160. The van der Waals surface area contributed by atoms with E-state index in [9.17, 15) is 14.4 Å². The summed E-state index contributed by atoms with van der Waals surface area (Å²) in [6.07, 6.45) is 0.290. The van der Waals surface area contributed by atoms with Crippen molar-refractivity contribution in [2.75, 3.05) is 5.32 Å². The van der Waals surface area contributed by atoms with Crippen LogP contribution in [-0.2, 0) is 4.79 Å². The van der Waals surface area contributed by atoms with Crippen LogP contribution in [-0.4, -0.2) is 17.6 Å². The van der Waals surface area contributed by atoms with Crippen LogP contribution in [0, 0.1) is 0 Å². The highest BCUT2D eigenvalue weighted by molar-refractivity contribution is 6.04. The van der Waals surface area contributed by atoms with E-state index in [1.165, 1.54) is 0 Å². The SMILES string of the molecule is CC(NC(=O)CCC(=O)c1ccccc1)c1cccc(NC(=O)c2ccccc2)c1. The minimum Gasteiger partial charge on any atom is -0.350 e. The van der Waals surface area contributed by atoms with Crippen LogP contribution in [0.3, 0.4) is 0 Å². The number of hydrogen-bond acceptors (Lipinski definition) is 3. The maximum atomic E-state index is 12.3. The monoisotopic (exact) mass is 400 g/mol. The molecule has 0 aliphatic rings. The van der Waals surface area contributed by atoms with Crippen molar-refractivity contribution in [3.8, 4) is 0 Å². The lowest BCUT2D eigenvalue weighted by molar-refractivity contribution is -0.121. The highest BCUT2D eigenvalue weighted by Crippen LogP contribution is 2.18. The normalized spacial score (nSPS) is 11.4. The molecular weight excluding hydrogens is 376 g/mol. The van der Waals surface area contributed by atoms with Crippen LogP contribution < -0.4 is 10.6 Å². The number of ketones is 1. The first-order chi connectivity index (χ1) is 14.5. The maximum Gasteiger partial charge on any atom is 0.255 e. The minimum atomic E-state index is -0.252. The third kappa shape index (κ3) is 5.88. The first kappa shape index (κ1) is 21.0. The van der Waals surface area contributed by atoms with Crippen molar-refractivity contribution >= 4 is 23.3 Å². The van der Waals surface area contributed by atoms with E-state index in [1.54, 1.807) is 42.5 Å². The van der Waals surface area contributed by atoms with Gasteiger partial charge in [-0.05, 0) is 36.8 Å². The standard InChI is InChI=1S/C25H24N2O3/c1-18(26-24(29)16-15-23(28)19-9-4-2-5-10-19)21-13-8-14-22(17-21)27-25(30)20-11-6-3-7-12-20/h2-14,17-18H,15-16H2,1H3,(H,26,29)(H,27,30). The Morgan fingerprint density at radius 2 is 1.40 bits per heavy atom. The van der Waals surface area contributed by atoms with Gasteiger partial charge in [-0.3, -0.25) is 14.4 Å². The second kappa shape index (κ2) is 10.2. The van der Waals surface area contributed by atoms with E-state index in [-0.39, 0.29) is 36.5 Å². The summed E-state index contributed by atoms with van der Waals surface area (Å²) in [5, 5.41) is 5.78. The summed E-state index contributed by atoms with van der Waals surface area (Å²) in [5.74, 6) is -0.432. The Hall–Kier alpha value is -3.73. The molecule has 152 valence electrons. The molecule has 1 unspecified atom stereocenters. The number of hydrogen-bond donors (Lipinski definition) is 2. The molecule has 0 aliphatic heterocycles. The van der Waals surface area contributed by atoms with Gasteiger partial charge in [0.25, 0.3) is 5.91 Å². The number of rotatable bonds is 8. The largest absolute Gasteiger partial charge is 0.350 e. The van der Waals surface area contributed by atoms with Crippen LogP contribution in [0.25, 0.3) is 0 Å². The molecule has 30 heavy (non-hydrogen) atoms. The quantitative estimate of drug-likeness (QED) is 0.535. The Morgan fingerprint density at radius 3 is 2.07 bits per heavy atom. The van der Waals surface area contributed by atoms with Gasteiger partial charge in [0.15, 0.2) is 5.78 Å². The molecule has 0 bridgehead atoms. The summed E-state index contributed by atoms with van der Waals surface area (Å²) in [6.45, 7) is 1.87. The predicted octanol–water partition coefficient (Wildman–Crippen LogP) is 4.78. The summed E-state index contributed by atoms with van der Waals surface area (Å²) >= 11 is 0. The fourth-order valence-corrected chi connectivity index (χ4v) is 3.07. The van der Waals surface area contributed by atoms with Crippen LogP contribution in [0.2, 0.25) is 0 Å². The molecule has 3 rings (SSSR count). The molecular formula is C25H24N2O3. The molecule has 3 aromatic carbocycles. The number of anilines is 1. The van der Waals surface area contributed by atoms with Gasteiger partial charge in [0.1, 0.15) is 0 Å². The zero-order chi connectivity index (χ0) is 21.3. The third-order valence-electron chi connectivity index (χ3n) is 4.73. The zero-order valence-corrected chi connectivity index (χ0v) is 16.8. The zero-order valence-electron chi connectivity index (χ0n) is 16.8. The van der Waals surface area contributed by atoms with Crippen LogP contribution in [0.5, 0.6) is 0 Å². The number of carbonyl (C=O) groups excluding carboxylic acids is 3. The van der Waals surface area contributed by atoms with Crippen molar-refractivity contribution in [2.24, 2.45) is 0 Å². The fourth-order valence-electron chi connectivity index (χ4n) is 3.07. The lowest BCUT2D eigenvalue weighted by atomic mass is 10.1. The van der Waals surface area contributed by atoms with Gasteiger partial charge in [0, 0.05) is 29.7 Å². The van der Waals surface area contributed by atoms with E-state index in [2.05, 4.69) is 10.6 Å². The average Bonchev–Trinajstić information content (AvgIpc) is 2.78. The molecule has 2 amide bonds. The molecule has 3 aromatic rings. The van der Waals surface area contributed by atoms with Gasteiger partial charge in [-0.2, -0.15) is 0 Å². The lowest BCUT2D eigenvalue weighted by Crippen LogP contribution is -2.27. The molecule has 0 radical (unpaired) electrons. The first-order valence-electron chi connectivity index (χ1n) is 9.87. The highest BCUT2D eigenvalue weighted by atomic mass is 16.2. The highest BCUT2D eigenvalue weighted by Gasteiger charge is 2.13.